The maximum Gasteiger partial charge on any atom is 0.276 e. The number of sulfonamides is 1. The van der Waals surface area contributed by atoms with Gasteiger partial charge in [-0.25, -0.2) is 4.83 Å². The Morgan fingerprint density at radius 2 is 1.76 bits per heavy atom. The van der Waals surface area contributed by atoms with E-state index in [0.717, 1.165) is 53.2 Å². The SMILES string of the molecule is CCCCCCCCCCCN1Cc2cc(OC)c(Br)c3c2[C@@]2(C[C@H]1CO)[C@H](C)C/C(=N\NS(=O)(=O)c1ccc(C)cc1)C[C@H]2O3. The monoisotopic (exact) mass is 717 g/mol. The zero-order chi connectivity index (χ0) is 32.9. The van der Waals surface area contributed by atoms with Gasteiger partial charge in [0.15, 0.2) is 0 Å². The van der Waals surface area contributed by atoms with E-state index in [-0.39, 0.29) is 35.0 Å². The number of halogens is 1. The molecule has 2 aromatic rings. The van der Waals surface area contributed by atoms with E-state index < -0.39 is 10.0 Å². The number of nitrogens with one attached hydrogen (secondary N) is 1. The molecule has 2 heterocycles. The Balaban J connectivity index is 1.35. The van der Waals surface area contributed by atoms with Gasteiger partial charge in [-0.05, 0) is 78.3 Å². The second-order valence-corrected chi connectivity index (χ2v) is 16.1. The van der Waals surface area contributed by atoms with Crippen LogP contribution in [0.3, 0.4) is 0 Å². The van der Waals surface area contributed by atoms with Crippen LogP contribution < -0.4 is 14.3 Å². The highest BCUT2D eigenvalue weighted by atomic mass is 79.9. The first kappa shape index (κ1) is 35.2. The van der Waals surface area contributed by atoms with Gasteiger partial charge in [0.2, 0.25) is 0 Å². The van der Waals surface area contributed by atoms with Crippen LogP contribution in [0.5, 0.6) is 11.5 Å². The van der Waals surface area contributed by atoms with Gasteiger partial charge in [-0.1, -0.05) is 82.9 Å². The quantitative estimate of drug-likeness (QED) is 0.145. The Bertz CT molecular complexity index is 1480. The van der Waals surface area contributed by atoms with Gasteiger partial charge in [0.05, 0.1) is 18.6 Å². The standard InChI is InChI=1S/C36H52BrN3O5S/c1-5-6-7-8-9-10-11-12-13-18-40-23-27-20-31(44-4)34(37)35-33(27)36(22-29(40)24-41)26(3)19-28(21-32(36)45-35)38-39-46(42,43)30-16-14-25(2)15-17-30/h14-17,20,26,29,32,39,41H,5-13,18-19,21-24H2,1-4H3/b38-28+/t26-,29+,32-,36+/m1/s1. The third-order valence-electron chi connectivity index (χ3n) is 10.5. The first-order valence-corrected chi connectivity index (χ1v) is 19.5. The number of aliphatic hydroxyl groups is 1. The number of hydrazone groups is 1. The smallest absolute Gasteiger partial charge is 0.276 e. The van der Waals surface area contributed by atoms with Crippen molar-refractivity contribution in [3.63, 3.8) is 0 Å². The summed E-state index contributed by atoms with van der Waals surface area (Å²) in [5.74, 6) is 1.66. The molecule has 5 rings (SSSR count). The fourth-order valence-corrected chi connectivity index (χ4v) is 9.36. The summed E-state index contributed by atoms with van der Waals surface area (Å²) in [6.07, 6.45) is 13.2. The number of aryl methyl sites for hydroxylation is 1. The molecule has 0 aromatic heterocycles. The average Bonchev–Trinajstić information content (AvgIpc) is 3.31. The summed E-state index contributed by atoms with van der Waals surface area (Å²) in [4.78, 5) is 5.15. The van der Waals surface area contributed by atoms with E-state index in [4.69, 9.17) is 9.47 Å². The fraction of sp³-hybridized carbons (Fsp3) is 0.639. The third kappa shape index (κ3) is 7.30. The van der Waals surface area contributed by atoms with Crippen molar-refractivity contribution in [1.82, 2.24) is 9.73 Å². The van der Waals surface area contributed by atoms with Crippen molar-refractivity contribution in [2.24, 2.45) is 11.0 Å². The molecule has 46 heavy (non-hydrogen) atoms. The second kappa shape index (κ2) is 15.4. The molecule has 10 heteroatoms. The summed E-state index contributed by atoms with van der Waals surface area (Å²) in [5, 5.41) is 15.3. The van der Waals surface area contributed by atoms with Crippen molar-refractivity contribution in [2.45, 2.75) is 127 Å². The molecule has 1 fully saturated rings. The van der Waals surface area contributed by atoms with Gasteiger partial charge >= 0.3 is 0 Å². The molecule has 8 nitrogen and oxygen atoms in total. The predicted octanol–water partition coefficient (Wildman–Crippen LogP) is 7.63. The van der Waals surface area contributed by atoms with Crippen LogP contribution in [0.2, 0.25) is 0 Å². The summed E-state index contributed by atoms with van der Waals surface area (Å²) in [6, 6.07) is 8.89. The molecule has 3 aliphatic rings. The van der Waals surface area contributed by atoms with E-state index >= 15 is 0 Å². The van der Waals surface area contributed by atoms with Gasteiger partial charge in [0.25, 0.3) is 10.0 Å². The molecule has 254 valence electrons. The molecular weight excluding hydrogens is 666 g/mol. The zero-order valence-corrected chi connectivity index (χ0v) is 30.4. The van der Waals surface area contributed by atoms with Gasteiger partial charge in [-0.15, -0.1) is 0 Å². The largest absolute Gasteiger partial charge is 0.495 e. The number of ether oxygens (including phenoxy) is 2. The van der Waals surface area contributed by atoms with Crippen LogP contribution in [0.15, 0.2) is 44.8 Å². The molecule has 2 aliphatic heterocycles. The summed E-state index contributed by atoms with van der Waals surface area (Å²) < 4.78 is 39.4. The van der Waals surface area contributed by atoms with E-state index in [2.05, 4.69) is 50.7 Å². The summed E-state index contributed by atoms with van der Waals surface area (Å²) >= 11 is 3.78. The fourth-order valence-electron chi connectivity index (χ4n) is 7.94. The van der Waals surface area contributed by atoms with Crippen molar-refractivity contribution >= 4 is 31.7 Å². The van der Waals surface area contributed by atoms with E-state index in [1.165, 1.54) is 62.5 Å². The Morgan fingerprint density at radius 1 is 1.09 bits per heavy atom. The molecular formula is C36H52BrN3O5S. The Morgan fingerprint density at radius 3 is 2.41 bits per heavy atom. The minimum absolute atomic E-state index is 0.00996. The lowest BCUT2D eigenvalue weighted by Crippen LogP contribution is -2.53. The number of benzene rings is 2. The Kier molecular flexibility index (Phi) is 11.8. The highest BCUT2D eigenvalue weighted by Crippen LogP contribution is 2.60. The lowest BCUT2D eigenvalue weighted by atomic mass is 9.59. The normalized spacial score (nSPS) is 25.1. The molecule has 4 atom stereocenters. The molecule has 0 unspecified atom stereocenters. The molecule has 0 saturated heterocycles. The first-order chi connectivity index (χ1) is 22.1. The van der Waals surface area contributed by atoms with E-state index in [1.54, 1.807) is 31.4 Å². The average molecular weight is 719 g/mol. The lowest BCUT2D eigenvalue weighted by Gasteiger charge is -2.45. The zero-order valence-electron chi connectivity index (χ0n) is 28.0. The number of hydrogen-bond acceptors (Lipinski definition) is 7. The van der Waals surface area contributed by atoms with Crippen LogP contribution in [0, 0.1) is 12.8 Å². The molecule has 2 aromatic carbocycles. The molecule has 0 bridgehead atoms. The Labute approximate surface area is 284 Å². The second-order valence-electron chi connectivity index (χ2n) is 13.6. The summed E-state index contributed by atoms with van der Waals surface area (Å²) in [5.41, 5.74) is 3.83. The lowest BCUT2D eigenvalue weighted by molar-refractivity contribution is 0.0411. The van der Waals surface area contributed by atoms with Crippen LogP contribution in [-0.4, -0.2) is 56.5 Å². The first-order valence-electron chi connectivity index (χ1n) is 17.2. The van der Waals surface area contributed by atoms with Crippen molar-refractivity contribution in [3.8, 4) is 11.5 Å². The minimum atomic E-state index is -3.79. The molecule has 0 amide bonds. The van der Waals surface area contributed by atoms with Crippen LogP contribution in [-0.2, 0) is 22.0 Å². The summed E-state index contributed by atoms with van der Waals surface area (Å²) in [7, 11) is -2.11. The predicted molar refractivity (Wildman–Crippen MR) is 187 cm³/mol. The van der Waals surface area contributed by atoms with E-state index in [0.29, 0.717) is 12.8 Å². The van der Waals surface area contributed by atoms with Gasteiger partial charge in [0, 0.05) is 35.7 Å². The minimum Gasteiger partial charge on any atom is -0.495 e. The van der Waals surface area contributed by atoms with Crippen molar-refractivity contribution in [2.75, 3.05) is 20.3 Å². The number of rotatable bonds is 15. The van der Waals surface area contributed by atoms with Crippen LogP contribution in [0.4, 0.5) is 0 Å². The number of hydrogen-bond donors (Lipinski definition) is 2. The Hall–Kier alpha value is -2.14. The number of aliphatic hydroxyl groups excluding tert-OH is 1. The topological polar surface area (TPSA) is 100 Å². The highest BCUT2D eigenvalue weighted by Gasteiger charge is 2.59. The van der Waals surface area contributed by atoms with Crippen molar-refractivity contribution < 1.29 is 23.0 Å². The number of methoxy groups -OCH3 is 1. The van der Waals surface area contributed by atoms with Gasteiger partial charge in [-0.3, -0.25) is 4.90 Å². The van der Waals surface area contributed by atoms with Crippen LogP contribution in [0.1, 0.15) is 108 Å². The van der Waals surface area contributed by atoms with E-state index in [1.807, 2.05) is 6.92 Å². The van der Waals surface area contributed by atoms with Gasteiger partial charge in [0.1, 0.15) is 22.1 Å². The van der Waals surface area contributed by atoms with Crippen molar-refractivity contribution in [1.29, 1.82) is 0 Å². The highest BCUT2D eigenvalue weighted by molar-refractivity contribution is 9.10. The molecule has 1 aliphatic carbocycles. The number of unbranched alkanes of at least 4 members (excludes halogenated alkanes) is 8. The van der Waals surface area contributed by atoms with Crippen molar-refractivity contribution in [3.05, 3.63) is 51.5 Å². The molecule has 2 N–H and O–H groups in total. The molecule has 1 spiro atoms. The molecule has 0 radical (unpaired) electrons. The van der Waals surface area contributed by atoms with E-state index in [9.17, 15) is 13.5 Å². The molecule has 1 saturated carbocycles. The van der Waals surface area contributed by atoms with Gasteiger partial charge in [-0.2, -0.15) is 13.5 Å². The maximum atomic E-state index is 13.0. The van der Waals surface area contributed by atoms with Crippen LogP contribution in [0.25, 0.3) is 0 Å². The van der Waals surface area contributed by atoms with Gasteiger partial charge < -0.3 is 14.6 Å². The third-order valence-corrected chi connectivity index (χ3v) is 12.5. The van der Waals surface area contributed by atoms with Crippen LogP contribution >= 0.6 is 15.9 Å². The number of nitrogens with zero attached hydrogens (tertiary/aromatic N) is 2. The maximum absolute atomic E-state index is 13.0. The summed E-state index contributed by atoms with van der Waals surface area (Å²) in [6.45, 7) is 8.16.